The zero-order valence-corrected chi connectivity index (χ0v) is 23.8. The fraction of sp³-hybridized carbons (Fsp3) is 0.654. The largest absolute Gasteiger partial charge is 0.439 e. The molecule has 39 heavy (non-hydrogen) atoms. The van der Waals surface area contributed by atoms with E-state index in [9.17, 15) is 32.5 Å². The van der Waals surface area contributed by atoms with Gasteiger partial charge in [0, 0.05) is 17.5 Å². The van der Waals surface area contributed by atoms with Crippen LogP contribution in [0.15, 0.2) is 24.3 Å². The van der Waals surface area contributed by atoms with Crippen molar-refractivity contribution in [2.24, 2.45) is 11.8 Å². The minimum Gasteiger partial charge on any atom is -0.439 e. The first kappa shape index (κ1) is 31.1. The summed E-state index contributed by atoms with van der Waals surface area (Å²) in [7, 11) is -4.95. The highest BCUT2D eigenvalue weighted by Gasteiger charge is 2.38. The van der Waals surface area contributed by atoms with Gasteiger partial charge < -0.3 is 25.8 Å². The van der Waals surface area contributed by atoms with Crippen LogP contribution >= 0.6 is 11.6 Å². The molecule has 5 N–H and O–H groups in total. The second kappa shape index (κ2) is 13.3. The highest BCUT2D eigenvalue weighted by Crippen LogP contribution is 2.29. The number of amides is 3. The molecule has 2 aliphatic rings. The number of ether oxygens (including phenoxy) is 1. The van der Waals surface area contributed by atoms with Crippen LogP contribution in [0.2, 0.25) is 5.02 Å². The van der Waals surface area contributed by atoms with Gasteiger partial charge in [0.2, 0.25) is 17.3 Å². The maximum atomic E-state index is 13.4. The van der Waals surface area contributed by atoms with Gasteiger partial charge in [0.05, 0.1) is 6.04 Å². The lowest BCUT2D eigenvalue weighted by Gasteiger charge is -2.31. The van der Waals surface area contributed by atoms with Gasteiger partial charge in [-0.25, -0.2) is 4.79 Å². The second-order valence-corrected chi connectivity index (χ2v) is 12.8. The zero-order valence-electron chi connectivity index (χ0n) is 22.2. The van der Waals surface area contributed by atoms with Gasteiger partial charge in [0.15, 0.2) is 0 Å². The summed E-state index contributed by atoms with van der Waals surface area (Å²) in [5.41, 5.74) is -2.79. The topological polar surface area (TPSA) is 171 Å². The van der Waals surface area contributed by atoms with Crippen molar-refractivity contribution in [1.82, 2.24) is 16.0 Å². The molecule has 3 rings (SSSR count). The number of benzene rings is 1. The summed E-state index contributed by atoms with van der Waals surface area (Å²) in [4.78, 5) is 38.5. The minimum atomic E-state index is -4.95. The standard InChI is InChI=1S/C26H38ClN3O8S/c1-26(2,18-9-6-10-19(27)15-18)38-25(34)30-20(13-16-7-4-3-5-8-16)23(32)29-21(24(33)39(35,36)37)14-17-11-12-28-22(17)31/h6,9-10,15-17,20-21,24,33H,3-5,7-8,11-14H2,1-2H3,(H,28,31)(H,29,32)(H,30,34)(H,35,36,37)/t17-,20-,21-,24?/m0/s1. The maximum Gasteiger partial charge on any atom is 0.408 e. The molecule has 1 aliphatic carbocycles. The van der Waals surface area contributed by atoms with Gasteiger partial charge in [-0.2, -0.15) is 8.42 Å². The van der Waals surface area contributed by atoms with Crippen LogP contribution in [0.4, 0.5) is 4.79 Å². The van der Waals surface area contributed by atoms with Gasteiger partial charge in [-0.05, 0) is 56.7 Å². The number of alkyl carbamates (subject to hydrolysis) is 1. The third-order valence-corrected chi connectivity index (χ3v) is 8.62. The monoisotopic (exact) mass is 587 g/mol. The Morgan fingerprint density at radius 2 is 1.85 bits per heavy atom. The van der Waals surface area contributed by atoms with Gasteiger partial charge in [-0.3, -0.25) is 14.1 Å². The van der Waals surface area contributed by atoms with E-state index in [4.69, 9.17) is 16.3 Å². The maximum absolute atomic E-state index is 13.4. The summed E-state index contributed by atoms with van der Waals surface area (Å²) in [5, 5.41) is 18.5. The average Bonchev–Trinajstić information content (AvgIpc) is 3.26. The molecule has 1 saturated heterocycles. The predicted molar refractivity (Wildman–Crippen MR) is 144 cm³/mol. The molecular weight excluding hydrogens is 550 g/mol. The van der Waals surface area contributed by atoms with Crippen molar-refractivity contribution in [2.45, 2.75) is 88.3 Å². The molecule has 0 radical (unpaired) electrons. The molecule has 1 aromatic carbocycles. The molecule has 1 unspecified atom stereocenters. The molecule has 0 bridgehead atoms. The first-order chi connectivity index (χ1) is 18.3. The van der Waals surface area contributed by atoms with Gasteiger partial charge in [0.1, 0.15) is 11.6 Å². The first-order valence-electron chi connectivity index (χ1n) is 13.2. The number of nitrogens with one attached hydrogen (secondary N) is 3. The summed E-state index contributed by atoms with van der Waals surface area (Å²) >= 11 is 6.08. The summed E-state index contributed by atoms with van der Waals surface area (Å²) < 4.78 is 38.6. The number of rotatable bonds is 11. The number of carbonyl (C=O) groups is 3. The van der Waals surface area contributed by atoms with Crippen LogP contribution in [0.1, 0.15) is 70.8 Å². The van der Waals surface area contributed by atoms with E-state index in [0.717, 1.165) is 32.1 Å². The molecule has 4 atom stereocenters. The molecule has 0 spiro atoms. The zero-order chi connectivity index (χ0) is 28.8. The van der Waals surface area contributed by atoms with E-state index >= 15 is 0 Å². The van der Waals surface area contributed by atoms with Crippen molar-refractivity contribution in [3.63, 3.8) is 0 Å². The molecule has 2 fully saturated rings. The molecule has 0 aromatic heterocycles. The number of aliphatic hydroxyl groups excluding tert-OH is 1. The van der Waals surface area contributed by atoms with E-state index < -0.39 is 51.2 Å². The van der Waals surface area contributed by atoms with E-state index in [0.29, 0.717) is 23.6 Å². The van der Waals surface area contributed by atoms with Crippen LogP contribution in [-0.4, -0.2) is 60.0 Å². The van der Waals surface area contributed by atoms with E-state index in [1.165, 1.54) is 0 Å². The SMILES string of the molecule is CC(C)(OC(=O)N[C@@H](CC1CCCCC1)C(=O)N[C@@H](C[C@@H]1CCNC1=O)C(O)S(=O)(=O)O)c1cccc(Cl)c1. The van der Waals surface area contributed by atoms with Crippen LogP contribution in [-0.2, 0) is 30.0 Å². The van der Waals surface area contributed by atoms with Crippen molar-refractivity contribution in [3.05, 3.63) is 34.9 Å². The number of carbonyl (C=O) groups excluding carboxylic acids is 3. The molecule has 11 nitrogen and oxygen atoms in total. The van der Waals surface area contributed by atoms with Gasteiger partial charge in [-0.15, -0.1) is 0 Å². The van der Waals surface area contributed by atoms with Crippen molar-refractivity contribution in [1.29, 1.82) is 0 Å². The van der Waals surface area contributed by atoms with E-state index in [1.54, 1.807) is 38.1 Å². The normalized spacial score (nSPS) is 20.9. The van der Waals surface area contributed by atoms with Crippen LogP contribution < -0.4 is 16.0 Å². The summed E-state index contributed by atoms with van der Waals surface area (Å²) in [6.45, 7) is 3.74. The van der Waals surface area contributed by atoms with E-state index in [2.05, 4.69) is 16.0 Å². The molecule has 13 heteroatoms. The lowest BCUT2D eigenvalue weighted by atomic mass is 9.84. The minimum absolute atomic E-state index is 0.140. The second-order valence-electron chi connectivity index (χ2n) is 10.9. The Labute approximate surface area is 234 Å². The molecule has 1 saturated carbocycles. The van der Waals surface area contributed by atoms with Crippen LogP contribution in [0, 0.1) is 11.8 Å². The van der Waals surface area contributed by atoms with Gasteiger partial charge >= 0.3 is 6.09 Å². The fourth-order valence-electron chi connectivity index (χ4n) is 5.23. The summed E-state index contributed by atoms with van der Waals surface area (Å²) in [6, 6.07) is 4.26. The Morgan fingerprint density at radius 1 is 1.15 bits per heavy atom. The molecule has 3 amide bonds. The van der Waals surface area contributed by atoms with E-state index in [-0.39, 0.29) is 24.7 Å². The third-order valence-electron chi connectivity index (χ3n) is 7.45. The number of halogens is 1. The molecule has 1 aromatic rings. The first-order valence-corrected chi connectivity index (χ1v) is 15.1. The number of hydrogen-bond donors (Lipinski definition) is 5. The Balaban J connectivity index is 1.77. The summed E-state index contributed by atoms with van der Waals surface area (Å²) in [5.74, 6) is -1.59. The summed E-state index contributed by atoms with van der Waals surface area (Å²) in [6.07, 6.45) is 4.40. The van der Waals surface area contributed by atoms with Gasteiger partial charge in [0.25, 0.3) is 10.1 Å². The third kappa shape index (κ3) is 9.06. The van der Waals surface area contributed by atoms with Crippen molar-refractivity contribution in [3.8, 4) is 0 Å². The van der Waals surface area contributed by atoms with Crippen molar-refractivity contribution >= 4 is 39.6 Å². The van der Waals surface area contributed by atoms with E-state index in [1.807, 2.05) is 0 Å². The lowest BCUT2D eigenvalue weighted by Crippen LogP contribution is -2.55. The van der Waals surface area contributed by atoms with Crippen molar-refractivity contribution in [2.75, 3.05) is 6.54 Å². The Bertz CT molecular complexity index is 1140. The molecular formula is C26H38ClN3O8S. The number of hydrogen-bond acceptors (Lipinski definition) is 7. The molecule has 1 heterocycles. The average molecular weight is 588 g/mol. The van der Waals surface area contributed by atoms with Crippen LogP contribution in [0.3, 0.4) is 0 Å². The quantitative estimate of drug-likeness (QED) is 0.246. The number of aliphatic hydroxyl groups is 1. The van der Waals surface area contributed by atoms with Crippen LogP contribution in [0.25, 0.3) is 0 Å². The predicted octanol–water partition coefficient (Wildman–Crippen LogP) is 2.86. The Morgan fingerprint density at radius 3 is 2.44 bits per heavy atom. The smallest absolute Gasteiger partial charge is 0.408 e. The molecule has 1 aliphatic heterocycles. The van der Waals surface area contributed by atoms with Crippen LogP contribution in [0.5, 0.6) is 0 Å². The lowest BCUT2D eigenvalue weighted by molar-refractivity contribution is -0.126. The van der Waals surface area contributed by atoms with Gasteiger partial charge in [-0.1, -0.05) is 55.8 Å². The van der Waals surface area contributed by atoms with Crippen molar-refractivity contribution < 1.29 is 37.2 Å². The Kier molecular flexibility index (Phi) is 10.6. The highest BCUT2D eigenvalue weighted by atomic mass is 35.5. The highest BCUT2D eigenvalue weighted by molar-refractivity contribution is 7.86. The fourth-order valence-corrected chi connectivity index (χ4v) is 6.01. The molecule has 218 valence electrons. The Hall–Kier alpha value is -2.41.